The summed E-state index contributed by atoms with van der Waals surface area (Å²) in [5.74, 6) is 1.83. The van der Waals surface area contributed by atoms with Crippen LogP contribution in [0.3, 0.4) is 0 Å². The maximum atomic E-state index is 12.4. The van der Waals surface area contributed by atoms with E-state index in [0.717, 1.165) is 23.3 Å². The maximum Gasteiger partial charge on any atom is 0.227 e. The van der Waals surface area contributed by atoms with Crippen molar-refractivity contribution in [3.63, 3.8) is 0 Å². The lowest BCUT2D eigenvalue weighted by Crippen LogP contribution is -2.26. The second kappa shape index (κ2) is 9.87. The molecule has 0 bridgehead atoms. The van der Waals surface area contributed by atoms with Crippen molar-refractivity contribution in [2.24, 2.45) is 0 Å². The quantitative estimate of drug-likeness (QED) is 0.542. The van der Waals surface area contributed by atoms with Gasteiger partial charge >= 0.3 is 0 Å². The number of amides is 1. The second-order valence-corrected chi connectivity index (χ2v) is 6.89. The van der Waals surface area contributed by atoms with Gasteiger partial charge in [-0.15, -0.1) is 0 Å². The summed E-state index contributed by atoms with van der Waals surface area (Å²) < 4.78 is 10.7. The van der Waals surface area contributed by atoms with E-state index >= 15 is 0 Å². The molecule has 0 N–H and O–H groups in total. The molecule has 0 aliphatic carbocycles. The van der Waals surface area contributed by atoms with Crippen molar-refractivity contribution < 1.29 is 14.1 Å². The van der Waals surface area contributed by atoms with Gasteiger partial charge in [0.2, 0.25) is 17.6 Å². The van der Waals surface area contributed by atoms with Gasteiger partial charge in [0.1, 0.15) is 5.75 Å². The molecule has 0 spiro atoms. The number of carbonyl (C=O) groups excluding carboxylic acids is 1. The van der Waals surface area contributed by atoms with Gasteiger partial charge in [0, 0.05) is 32.0 Å². The first-order valence-electron chi connectivity index (χ1n) is 9.96. The fourth-order valence-corrected chi connectivity index (χ4v) is 2.99. The number of hydrogen-bond donors (Lipinski definition) is 0. The summed E-state index contributed by atoms with van der Waals surface area (Å²) in [7, 11) is 1.81. The molecule has 1 amide bonds. The fourth-order valence-electron chi connectivity index (χ4n) is 2.99. The van der Waals surface area contributed by atoms with E-state index in [9.17, 15) is 4.79 Å². The summed E-state index contributed by atoms with van der Waals surface area (Å²) in [6.07, 6.45) is 1.76. The van der Waals surface area contributed by atoms with Crippen LogP contribution in [0.2, 0.25) is 0 Å². The van der Waals surface area contributed by atoms with Crippen molar-refractivity contribution in [3.8, 4) is 17.1 Å². The van der Waals surface area contributed by atoms with Crippen LogP contribution in [0.25, 0.3) is 11.4 Å². The molecule has 0 atom stereocenters. The lowest BCUT2D eigenvalue weighted by Gasteiger charge is -2.17. The molecule has 0 fully saturated rings. The van der Waals surface area contributed by atoms with E-state index in [1.165, 1.54) is 5.56 Å². The Bertz CT molecular complexity index is 917. The van der Waals surface area contributed by atoms with Gasteiger partial charge in [-0.1, -0.05) is 36.3 Å². The third-order valence-corrected chi connectivity index (χ3v) is 4.72. The molecular formula is C23H27N3O3. The Morgan fingerprint density at radius 2 is 1.72 bits per heavy atom. The number of aryl methyl sites for hydroxylation is 2. The van der Waals surface area contributed by atoms with Gasteiger partial charge in [0.25, 0.3) is 0 Å². The Morgan fingerprint density at radius 3 is 2.38 bits per heavy atom. The van der Waals surface area contributed by atoms with Crippen molar-refractivity contribution in [3.05, 3.63) is 65.5 Å². The maximum absolute atomic E-state index is 12.4. The van der Waals surface area contributed by atoms with Crippen molar-refractivity contribution in [2.75, 3.05) is 13.7 Å². The van der Waals surface area contributed by atoms with E-state index in [0.29, 0.717) is 37.7 Å². The zero-order valence-electron chi connectivity index (χ0n) is 17.2. The molecule has 1 aromatic heterocycles. The Kier molecular flexibility index (Phi) is 7.00. The van der Waals surface area contributed by atoms with Crippen LogP contribution < -0.4 is 4.74 Å². The molecule has 0 unspecified atom stereocenters. The van der Waals surface area contributed by atoms with Crippen LogP contribution in [-0.2, 0) is 24.2 Å². The first-order chi connectivity index (χ1) is 14.1. The molecular weight excluding hydrogens is 366 g/mol. The van der Waals surface area contributed by atoms with Crippen molar-refractivity contribution in [1.29, 1.82) is 0 Å². The van der Waals surface area contributed by atoms with E-state index in [-0.39, 0.29) is 5.91 Å². The first kappa shape index (κ1) is 20.6. The Balaban J connectivity index is 1.52. The minimum absolute atomic E-state index is 0.0467. The van der Waals surface area contributed by atoms with Crippen molar-refractivity contribution >= 4 is 5.91 Å². The molecule has 0 aliphatic rings. The average Bonchev–Trinajstić information content (AvgIpc) is 3.22. The molecule has 152 valence electrons. The van der Waals surface area contributed by atoms with Crippen LogP contribution in [0.4, 0.5) is 0 Å². The van der Waals surface area contributed by atoms with E-state index in [1.807, 2.05) is 38.2 Å². The predicted molar refractivity (Wildman–Crippen MR) is 112 cm³/mol. The molecule has 2 aromatic carbocycles. The summed E-state index contributed by atoms with van der Waals surface area (Å²) >= 11 is 0. The number of rotatable bonds is 9. The number of hydrogen-bond acceptors (Lipinski definition) is 5. The van der Waals surface area contributed by atoms with Gasteiger partial charge in [-0.25, -0.2) is 0 Å². The highest BCUT2D eigenvalue weighted by Crippen LogP contribution is 2.20. The van der Waals surface area contributed by atoms with E-state index in [2.05, 4.69) is 41.3 Å². The van der Waals surface area contributed by atoms with Crippen LogP contribution in [0, 0.1) is 0 Å². The molecule has 0 saturated carbocycles. The third-order valence-electron chi connectivity index (χ3n) is 4.72. The SMILES string of the molecule is CCOc1ccc(-c2noc(CCC(=O)N(C)Cc3ccc(CC)cc3)n2)cc1. The molecule has 0 aliphatic heterocycles. The Labute approximate surface area is 171 Å². The number of benzene rings is 2. The first-order valence-corrected chi connectivity index (χ1v) is 9.96. The van der Waals surface area contributed by atoms with E-state index < -0.39 is 0 Å². The van der Waals surface area contributed by atoms with Gasteiger partial charge < -0.3 is 14.2 Å². The van der Waals surface area contributed by atoms with Gasteiger partial charge in [0.05, 0.1) is 6.61 Å². The summed E-state index contributed by atoms with van der Waals surface area (Å²) in [6, 6.07) is 15.9. The lowest BCUT2D eigenvalue weighted by atomic mass is 10.1. The van der Waals surface area contributed by atoms with Crippen LogP contribution in [0.15, 0.2) is 53.1 Å². The molecule has 3 aromatic rings. The van der Waals surface area contributed by atoms with Crippen molar-refractivity contribution in [1.82, 2.24) is 15.0 Å². The normalized spacial score (nSPS) is 10.7. The summed E-state index contributed by atoms with van der Waals surface area (Å²) in [6.45, 7) is 5.28. The predicted octanol–water partition coefficient (Wildman–Crippen LogP) is 4.29. The van der Waals surface area contributed by atoms with Crippen LogP contribution >= 0.6 is 0 Å². The standard InChI is InChI=1S/C23H27N3O3/c1-4-17-6-8-18(9-7-17)16-26(3)22(27)15-14-21-24-23(25-29-21)19-10-12-20(13-11-19)28-5-2/h6-13H,4-5,14-16H2,1-3H3. The fraction of sp³-hybridized carbons (Fsp3) is 0.348. The zero-order chi connectivity index (χ0) is 20.6. The monoisotopic (exact) mass is 393 g/mol. The van der Waals surface area contributed by atoms with E-state index in [1.54, 1.807) is 4.90 Å². The number of nitrogens with zero attached hydrogens (tertiary/aromatic N) is 3. The minimum atomic E-state index is 0.0467. The highest BCUT2D eigenvalue weighted by molar-refractivity contribution is 5.76. The van der Waals surface area contributed by atoms with Crippen LogP contribution in [0.5, 0.6) is 5.75 Å². The molecule has 6 heteroatoms. The summed E-state index contributed by atoms with van der Waals surface area (Å²) in [5.41, 5.74) is 3.26. The average molecular weight is 393 g/mol. The molecule has 0 saturated heterocycles. The summed E-state index contributed by atoms with van der Waals surface area (Å²) in [5, 5.41) is 4.02. The van der Waals surface area contributed by atoms with Gasteiger partial charge in [-0.2, -0.15) is 4.98 Å². The van der Waals surface area contributed by atoms with Crippen LogP contribution in [0.1, 0.15) is 37.3 Å². The van der Waals surface area contributed by atoms with Gasteiger partial charge in [-0.3, -0.25) is 4.79 Å². The Hall–Kier alpha value is -3.15. The molecule has 6 nitrogen and oxygen atoms in total. The van der Waals surface area contributed by atoms with E-state index in [4.69, 9.17) is 9.26 Å². The third kappa shape index (κ3) is 5.67. The number of carbonyl (C=O) groups is 1. The minimum Gasteiger partial charge on any atom is -0.494 e. The highest BCUT2D eigenvalue weighted by Gasteiger charge is 2.14. The molecule has 29 heavy (non-hydrogen) atoms. The van der Waals surface area contributed by atoms with Crippen molar-refractivity contribution in [2.45, 2.75) is 39.7 Å². The molecule has 3 rings (SSSR count). The number of ether oxygens (including phenoxy) is 1. The Morgan fingerprint density at radius 1 is 1.03 bits per heavy atom. The van der Waals surface area contributed by atoms with Crippen LogP contribution in [-0.4, -0.2) is 34.6 Å². The van der Waals surface area contributed by atoms with Gasteiger partial charge in [-0.05, 0) is 48.7 Å². The zero-order valence-corrected chi connectivity index (χ0v) is 17.2. The molecule has 1 heterocycles. The number of aromatic nitrogens is 2. The van der Waals surface area contributed by atoms with Gasteiger partial charge in [0.15, 0.2) is 0 Å². The lowest BCUT2D eigenvalue weighted by molar-refractivity contribution is -0.130. The largest absolute Gasteiger partial charge is 0.494 e. The topological polar surface area (TPSA) is 68.5 Å². The highest BCUT2D eigenvalue weighted by atomic mass is 16.5. The second-order valence-electron chi connectivity index (χ2n) is 6.89. The summed E-state index contributed by atoms with van der Waals surface area (Å²) in [4.78, 5) is 18.6. The smallest absolute Gasteiger partial charge is 0.227 e. The molecule has 0 radical (unpaired) electrons.